The molecule has 0 atom stereocenters. The van der Waals surface area contributed by atoms with E-state index in [1.54, 1.807) is 0 Å². The maximum atomic E-state index is 10.7. The van der Waals surface area contributed by atoms with Crippen molar-refractivity contribution >= 4 is 57.9 Å². The number of hydrogen-bond donors (Lipinski definition) is 0. The Hall–Kier alpha value is 1.45. The SMILES string of the molecule is C.CI.CN1CCC(=O)CC1.C[N+]1(C)CCC(=O)CC1.[2H]I.[I-]. The second kappa shape index (κ2) is 17.3. The summed E-state index contributed by atoms with van der Waals surface area (Å²) in [6.07, 6.45) is 3.09. The van der Waals surface area contributed by atoms with Crippen molar-refractivity contribution in [1.29, 1.82) is 0.594 Å². The Balaban J connectivity index is -0.000000121. The fourth-order valence-electron chi connectivity index (χ4n) is 1.96. The maximum Gasteiger partial charge on any atom is 0.144 e. The fraction of sp³-hybridized carbons (Fsp3) is 0.867. The summed E-state index contributed by atoms with van der Waals surface area (Å²) in [4.78, 5) is 25.5. The van der Waals surface area contributed by atoms with Gasteiger partial charge in [-0.3, -0.25) is 9.59 Å². The first kappa shape index (κ1) is 28.3. The van der Waals surface area contributed by atoms with Crippen LogP contribution < -0.4 is 24.0 Å². The molecule has 4 nitrogen and oxygen atoms in total. The van der Waals surface area contributed by atoms with Crippen LogP contribution in [0.15, 0.2) is 0 Å². The van der Waals surface area contributed by atoms with Crippen LogP contribution in [0.4, 0.5) is 0 Å². The number of piperidine rings is 2. The minimum absolute atomic E-state index is 0. The minimum Gasteiger partial charge on any atom is -1.00 e. The summed E-state index contributed by atoms with van der Waals surface area (Å²) in [5, 5.41) is 0. The molecule has 0 aromatic carbocycles. The average molecular weight is 655 g/mol. The van der Waals surface area contributed by atoms with Gasteiger partial charge in [-0.1, -0.05) is 30.0 Å². The van der Waals surface area contributed by atoms with Gasteiger partial charge in [-0.05, 0) is 12.0 Å². The van der Waals surface area contributed by atoms with Crippen molar-refractivity contribution in [2.75, 3.05) is 52.3 Å². The Morgan fingerprint density at radius 3 is 1.59 bits per heavy atom. The van der Waals surface area contributed by atoms with Crippen LogP contribution in [0.2, 0.25) is 0 Å². The average Bonchev–Trinajstić information content (AvgIpc) is 2.50. The molecular formula is C15H33I3N2O2. The van der Waals surface area contributed by atoms with Crippen LogP contribution in [0.3, 0.4) is 0 Å². The zero-order valence-electron chi connectivity index (χ0n) is 14.5. The number of carbonyl (C=O) groups excluding carboxylic acids is 2. The number of nitrogens with zero attached hydrogens (tertiary/aromatic N) is 2. The van der Waals surface area contributed by atoms with E-state index in [0.29, 0.717) is 11.6 Å². The number of quaternary nitrogens is 1. The number of ketones is 2. The fourth-order valence-corrected chi connectivity index (χ4v) is 1.96. The molecule has 0 radical (unpaired) electrons. The molecule has 0 aromatic rings. The van der Waals surface area contributed by atoms with Crippen LogP contribution in [-0.2, 0) is 9.59 Å². The smallest absolute Gasteiger partial charge is 0.144 e. The third-order valence-corrected chi connectivity index (χ3v) is 3.54. The van der Waals surface area contributed by atoms with Crippen molar-refractivity contribution in [3.63, 3.8) is 0 Å². The Bertz CT molecular complexity index is 284. The highest BCUT2D eigenvalue weighted by Crippen LogP contribution is 2.09. The molecule has 0 saturated carbocycles. The molecule has 7 heteroatoms. The topological polar surface area (TPSA) is 37.4 Å². The van der Waals surface area contributed by atoms with Crippen LogP contribution >= 0.6 is 46.4 Å². The van der Waals surface area contributed by atoms with Crippen molar-refractivity contribution < 1.29 is 38.0 Å². The number of hydrogen-bond acceptors (Lipinski definition) is 3. The zero-order valence-corrected chi connectivity index (χ0v) is 20.0. The lowest BCUT2D eigenvalue weighted by Gasteiger charge is -2.32. The van der Waals surface area contributed by atoms with Crippen molar-refractivity contribution in [3.05, 3.63) is 0 Å². The summed E-state index contributed by atoms with van der Waals surface area (Å²) >= 11 is 3.55. The lowest BCUT2D eigenvalue weighted by atomic mass is 10.1. The van der Waals surface area contributed by atoms with Gasteiger partial charge in [0.1, 0.15) is 12.2 Å². The Morgan fingerprint density at radius 2 is 1.32 bits per heavy atom. The molecule has 0 N–H and O–H groups in total. The van der Waals surface area contributed by atoms with E-state index < -0.39 is 0 Å². The van der Waals surface area contributed by atoms with E-state index in [0.717, 1.165) is 56.3 Å². The van der Waals surface area contributed by atoms with Crippen LogP contribution in [0.25, 0.3) is 0 Å². The highest BCUT2D eigenvalue weighted by atomic mass is 127. The summed E-state index contributed by atoms with van der Waals surface area (Å²) in [5.74, 6) is 0.857. The number of carbonyl (C=O) groups is 2. The lowest BCUT2D eigenvalue weighted by molar-refractivity contribution is -0.891. The summed E-state index contributed by atoms with van der Waals surface area (Å²) in [6, 6.07) is 0. The van der Waals surface area contributed by atoms with Crippen LogP contribution in [-0.4, -0.2) is 73.8 Å². The van der Waals surface area contributed by atoms with Gasteiger partial charge >= 0.3 is 0 Å². The van der Waals surface area contributed by atoms with Gasteiger partial charge in [-0.15, -0.1) is 23.8 Å². The van der Waals surface area contributed by atoms with E-state index in [1.165, 1.54) is 23.8 Å². The Morgan fingerprint density at radius 1 is 1.00 bits per heavy atom. The number of likely N-dealkylation sites (tertiary alicyclic amines) is 2. The highest BCUT2D eigenvalue weighted by Gasteiger charge is 2.23. The second-order valence-electron chi connectivity index (χ2n) is 5.76. The molecule has 0 amide bonds. The predicted molar refractivity (Wildman–Crippen MR) is 110 cm³/mol. The largest absolute Gasteiger partial charge is 1.00 e. The highest BCUT2D eigenvalue weighted by molar-refractivity contribution is 14.1. The van der Waals surface area contributed by atoms with Crippen molar-refractivity contribution in [2.45, 2.75) is 33.1 Å². The van der Waals surface area contributed by atoms with Crippen molar-refractivity contribution in [2.24, 2.45) is 0 Å². The van der Waals surface area contributed by atoms with Gasteiger partial charge in [0.25, 0.3) is 0 Å². The zero-order chi connectivity index (χ0) is 16.9. The van der Waals surface area contributed by atoms with Gasteiger partial charge < -0.3 is 33.4 Å². The quantitative estimate of drug-likeness (QED) is 0.210. The van der Waals surface area contributed by atoms with E-state index in [2.05, 4.69) is 41.6 Å². The molecule has 136 valence electrons. The van der Waals surface area contributed by atoms with E-state index in [1.807, 2.05) is 12.0 Å². The Kier molecular flexibility index (Phi) is 22.2. The molecular weight excluding hydrogens is 621 g/mol. The van der Waals surface area contributed by atoms with Gasteiger partial charge in [-0.25, -0.2) is 0 Å². The number of Topliss-reactive ketones (excluding diaryl/α,β-unsaturated/α-hetero) is 2. The monoisotopic (exact) mass is 655 g/mol. The summed E-state index contributed by atoms with van der Waals surface area (Å²) < 4.78 is 6.74. The minimum atomic E-state index is 0. The van der Waals surface area contributed by atoms with Gasteiger partial charge in [0.15, 0.2) is 0 Å². The third kappa shape index (κ3) is 16.3. The first-order chi connectivity index (χ1) is 9.89. The number of rotatable bonds is 0. The maximum absolute atomic E-state index is 10.7. The molecule has 2 aliphatic rings. The van der Waals surface area contributed by atoms with E-state index in [-0.39, 0.29) is 31.4 Å². The Labute approximate surface area is 185 Å². The molecule has 2 saturated heterocycles. The van der Waals surface area contributed by atoms with Crippen molar-refractivity contribution in [3.8, 4) is 0 Å². The molecule has 0 aromatic heterocycles. The number of alkyl halides is 1. The summed E-state index contributed by atoms with van der Waals surface area (Å²) in [6.45, 7) is 3.97. The molecule has 2 rings (SSSR count). The van der Waals surface area contributed by atoms with Gasteiger partial charge in [0.2, 0.25) is 0 Å². The van der Waals surface area contributed by atoms with Crippen molar-refractivity contribution in [1.82, 2.24) is 4.90 Å². The molecule has 0 bridgehead atoms. The van der Waals surface area contributed by atoms with Crippen LogP contribution in [0.5, 0.6) is 0 Å². The van der Waals surface area contributed by atoms with Gasteiger partial charge in [-0.2, -0.15) is 0 Å². The molecule has 2 fully saturated rings. The van der Waals surface area contributed by atoms with E-state index in [4.69, 9.17) is 0.594 Å². The summed E-state index contributed by atoms with van der Waals surface area (Å²) in [7, 11) is 6.39. The molecule has 0 unspecified atom stereocenters. The summed E-state index contributed by atoms with van der Waals surface area (Å²) in [5.41, 5.74) is 0. The van der Waals surface area contributed by atoms with Crippen LogP contribution in [0.1, 0.15) is 33.1 Å². The lowest BCUT2D eigenvalue weighted by Crippen LogP contribution is -3.00. The second-order valence-corrected chi connectivity index (χ2v) is 5.76. The van der Waals surface area contributed by atoms with Gasteiger partial charge in [0, 0.05) is 25.9 Å². The normalized spacial score (nSPS) is 20.0. The molecule has 2 heterocycles. The predicted octanol–water partition coefficient (Wildman–Crippen LogP) is 0.0161. The first-order valence-electron chi connectivity index (χ1n) is 7.18. The van der Waals surface area contributed by atoms with E-state index in [9.17, 15) is 9.59 Å². The standard InChI is InChI=1S/C7H14NO.C6H11NO.CH3I.CH4.2HI/c1-8(2)5-3-7(9)4-6-8;1-7-4-2-6(8)3-5-7;1-2;;;/h3-6H2,1-2H3;2-5H2,1H3;1H3;1H4;2*1H/q+1;;;;;/p-1/i/hD. The van der Waals surface area contributed by atoms with E-state index >= 15 is 0 Å². The van der Waals surface area contributed by atoms with Crippen LogP contribution in [0, 0.1) is 0 Å². The van der Waals surface area contributed by atoms with Gasteiger partial charge in [0.05, 0.1) is 40.0 Å². The molecule has 22 heavy (non-hydrogen) atoms. The molecule has 0 spiro atoms. The molecule has 0 aliphatic carbocycles. The first-order valence-corrected chi connectivity index (χ1v) is 8.96. The molecule has 2 aliphatic heterocycles. The third-order valence-electron chi connectivity index (χ3n) is 3.54. The number of halogens is 3.